The van der Waals surface area contributed by atoms with Crippen molar-refractivity contribution in [2.45, 2.75) is 6.92 Å². The number of nitrogens with zero attached hydrogens (tertiary/aromatic N) is 2. The van der Waals surface area contributed by atoms with Crippen molar-refractivity contribution in [3.8, 4) is 5.75 Å². The summed E-state index contributed by atoms with van der Waals surface area (Å²) in [5.41, 5.74) is 3.50. The van der Waals surface area contributed by atoms with Gasteiger partial charge in [0.1, 0.15) is 11.4 Å². The normalized spacial score (nSPS) is 13.5. The minimum Gasteiger partial charge on any atom is -0.494 e. The van der Waals surface area contributed by atoms with Gasteiger partial charge in [-0.2, -0.15) is 0 Å². The molecule has 32 heavy (non-hydrogen) atoms. The third-order valence-electron chi connectivity index (χ3n) is 5.21. The Morgan fingerprint density at radius 2 is 1.50 bits per heavy atom. The molecule has 0 spiro atoms. The predicted molar refractivity (Wildman–Crippen MR) is 128 cm³/mol. The molecule has 0 unspecified atom stereocenters. The number of amides is 2. The maximum absolute atomic E-state index is 13.5. The second-order valence-corrected chi connectivity index (χ2v) is 7.55. The lowest BCUT2D eigenvalue weighted by molar-refractivity contribution is -0.120. The molecule has 0 bridgehead atoms. The number of carbonyl (C=O) groups is 2. The molecule has 2 amide bonds. The quantitative estimate of drug-likeness (QED) is 0.561. The van der Waals surface area contributed by atoms with Crippen LogP contribution in [0.25, 0.3) is 5.57 Å². The van der Waals surface area contributed by atoms with Crippen LogP contribution in [0.1, 0.15) is 12.5 Å². The molecule has 1 aliphatic heterocycles. The third-order valence-corrected chi connectivity index (χ3v) is 5.21. The molecule has 1 N–H and O–H groups in total. The fourth-order valence-corrected chi connectivity index (χ4v) is 3.60. The predicted octanol–water partition coefficient (Wildman–Crippen LogP) is 4.55. The summed E-state index contributed by atoms with van der Waals surface area (Å²) >= 11 is 0. The molecule has 0 saturated heterocycles. The van der Waals surface area contributed by atoms with Crippen molar-refractivity contribution in [1.29, 1.82) is 0 Å². The third kappa shape index (κ3) is 4.07. The highest BCUT2D eigenvalue weighted by Crippen LogP contribution is 2.34. The van der Waals surface area contributed by atoms with Crippen molar-refractivity contribution in [3.63, 3.8) is 0 Å². The Balaban J connectivity index is 1.72. The van der Waals surface area contributed by atoms with Crippen LogP contribution in [0, 0.1) is 0 Å². The molecule has 0 aromatic heterocycles. The lowest BCUT2D eigenvalue weighted by atomic mass is 10.0. The minimum absolute atomic E-state index is 0.252. The lowest BCUT2D eigenvalue weighted by Gasteiger charge is -2.18. The lowest BCUT2D eigenvalue weighted by Crippen LogP contribution is -2.32. The standard InChI is InChI=1S/C26H25N3O3/c1-4-32-22-16-10-19(11-17-22)27-24-23(18-8-6-5-7-9-18)25(30)29(26(24)31)21-14-12-20(13-15-21)28(2)3/h5-17,27H,4H2,1-3H3. The number of imide groups is 1. The number of nitrogens with one attached hydrogen (secondary N) is 1. The van der Waals surface area contributed by atoms with E-state index in [4.69, 9.17) is 4.74 Å². The highest BCUT2D eigenvalue weighted by Gasteiger charge is 2.40. The molecule has 4 rings (SSSR count). The molecule has 0 radical (unpaired) electrons. The van der Waals surface area contributed by atoms with Crippen LogP contribution < -0.4 is 19.9 Å². The van der Waals surface area contributed by atoms with Crippen molar-refractivity contribution >= 4 is 34.4 Å². The maximum Gasteiger partial charge on any atom is 0.282 e. The van der Waals surface area contributed by atoms with Gasteiger partial charge in [0.2, 0.25) is 0 Å². The van der Waals surface area contributed by atoms with E-state index in [0.29, 0.717) is 29.1 Å². The second kappa shape index (κ2) is 8.98. The molecule has 6 nitrogen and oxygen atoms in total. The van der Waals surface area contributed by atoms with E-state index < -0.39 is 0 Å². The van der Waals surface area contributed by atoms with Gasteiger partial charge >= 0.3 is 0 Å². The Kier molecular flexibility index (Phi) is 5.94. The van der Waals surface area contributed by atoms with Crippen molar-refractivity contribution in [1.82, 2.24) is 0 Å². The van der Waals surface area contributed by atoms with Gasteiger partial charge in [0, 0.05) is 25.5 Å². The molecule has 3 aromatic carbocycles. The van der Waals surface area contributed by atoms with Gasteiger partial charge in [-0.1, -0.05) is 30.3 Å². The van der Waals surface area contributed by atoms with E-state index in [1.165, 1.54) is 4.90 Å². The van der Waals surface area contributed by atoms with Crippen LogP contribution in [0.5, 0.6) is 5.75 Å². The molecular weight excluding hydrogens is 402 g/mol. The Morgan fingerprint density at radius 3 is 2.09 bits per heavy atom. The highest BCUT2D eigenvalue weighted by atomic mass is 16.5. The average molecular weight is 428 g/mol. The van der Waals surface area contributed by atoms with Gasteiger partial charge in [0.25, 0.3) is 11.8 Å². The Hall–Kier alpha value is -4.06. The fraction of sp³-hybridized carbons (Fsp3) is 0.154. The van der Waals surface area contributed by atoms with E-state index in [1.807, 2.05) is 92.6 Å². The van der Waals surface area contributed by atoms with Gasteiger partial charge in [0.05, 0.1) is 17.9 Å². The van der Waals surface area contributed by atoms with Crippen LogP contribution in [-0.2, 0) is 9.59 Å². The van der Waals surface area contributed by atoms with Gasteiger partial charge in [0.15, 0.2) is 0 Å². The molecule has 3 aromatic rings. The van der Waals surface area contributed by atoms with Crippen LogP contribution in [0.15, 0.2) is 84.6 Å². The summed E-state index contributed by atoms with van der Waals surface area (Å²) < 4.78 is 5.49. The summed E-state index contributed by atoms with van der Waals surface area (Å²) in [6.07, 6.45) is 0. The van der Waals surface area contributed by atoms with Crippen molar-refractivity contribution < 1.29 is 14.3 Å². The van der Waals surface area contributed by atoms with Crippen LogP contribution in [0.3, 0.4) is 0 Å². The first-order chi connectivity index (χ1) is 15.5. The van der Waals surface area contributed by atoms with Crippen LogP contribution >= 0.6 is 0 Å². The monoisotopic (exact) mass is 427 g/mol. The van der Waals surface area contributed by atoms with E-state index >= 15 is 0 Å². The van der Waals surface area contributed by atoms with Crippen LogP contribution in [0.2, 0.25) is 0 Å². The van der Waals surface area contributed by atoms with Gasteiger partial charge in [-0.15, -0.1) is 0 Å². The molecule has 1 heterocycles. The average Bonchev–Trinajstić information content (AvgIpc) is 3.05. The second-order valence-electron chi connectivity index (χ2n) is 7.55. The molecule has 0 fully saturated rings. The van der Waals surface area contributed by atoms with Crippen molar-refractivity contribution in [2.24, 2.45) is 0 Å². The van der Waals surface area contributed by atoms with Gasteiger partial charge in [-0.25, -0.2) is 4.90 Å². The molecule has 6 heteroatoms. The summed E-state index contributed by atoms with van der Waals surface area (Å²) in [6, 6.07) is 23.9. The fourth-order valence-electron chi connectivity index (χ4n) is 3.60. The zero-order chi connectivity index (χ0) is 22.7. The van der Waals surface area contributed by atoms with Crippen LogP contribution in [-0.4, -0.2) is 32.5 Å². The zero-order valence-electron chi connectivity index (χ0n) is 18.3. The van der Waals surface area contributed by atoms with Crippen molar-refractivity contribution in [2.75, 3.05) is 35.8 Å². The summed E-state index contributed by atoms with van der Waals surface area (Å²) in [6.45, 7) is 2.50. The molecular formula is C26H25N3O3. The maximum atomic E-state index is 13.5. The van der Waals surface area contributed by atoms with Crippen LogP contribution in [0.4, 0.5) is 17.1 Å². The summed E-state index contributed by atoms with van der Waals surface area (Å²) in [7, 11) is 3.88. The van der Waals surface area contributed by atoms with Gasteiger partial charge in [-0.05, 0) is 61.0 Å². The van der Waals surface area contributed by atoms with E-state index in [1.54, 1.807) is 12.1 Å². The Bertz CT molecular complexity index is 1150. The molecule has 1 aliphatic rings. The Morgan fingerprint density at radius 1 is 0.844 bits per heavy atom. The molecule has 0 aliphatic carbocycles. The zero-order valence-corrected chi connectivity index (χ0v) is 18.3. The Labute approximate surface area is 187 Å². The van der Waals surface area contributed by atoms with Crippen molar-refractivity contribution in [3.05, 3.63) is 90.1 Å². The SMILES string of the molecule is CCOc1ccc(NC2=C(c3ccccc3)C(=O)N(c3ccc(N(C)C)cc3)C2=O)cc1. The summed E-state index contributed by atoms with van der Waals surface area (Å²) in [4.78, 5) is 30.1. The number of hydrogen-bond donors (Lipinski definition) is 1. The van der Waals surface area contributed by atoms with E-state index in [-0.39, 0.29) is 17.5 Å². The number of hydrogen-bond acceptors (Lipinski definition) is 5. The minimum atomic E-state index is -0.389. The molecule has 0 atom stereocenters. The number of carbonyl (C=O) groups excluding carboxylic acids is 2. The number of ether oxygens (including phenoxy) is 1. The summed E-state index contributed by atoms with van der Waals surface area (Å²) in [5, 5.41) is 3.17. The van der Waals surface area contributed by atoms with Gasteiger partial charge in [-0.3, -0.25) is 9.59 Å². The number of anilines is 3. The summed E-state index contributed by atoms with van der Waals surface area (Å²) in [5.74, 6) is -0.000624. The largest absolute Gasteiger partial charge is 0.494 e. The molecule has 162 valence electrons. The smallest absolute Gasteiger partial charge is 0.282 e. The van der Waals surface area contributed by atoms with E-state index in [2.05, 4.69) is 5.32 Å². The number of rotatable bonds is 7. The van der Waals surface area contributed by atoms with E-state index in [9.17, 15) is 9.59 Å². The first-order valence-electron chi connectivity index (χ1n) is 10.5. The van der Waals surface area contributed by atoms with Gasteiger partial charge < -0.3 is 15.0 Å². The molecule has 0 saturated carbocycles. The first-order valence-corrected chi connectivity index (χ1v) is 10.5. The topological polar surface area (TPSA) is 61.9 Å². The highest BCUT2D eigenvalue weighted by molar-refractivity contribution is 6.46. The van der Waals surface area contributed by atoms with E-state index in [0.717, 1.165) is 11.4 Å². The number of benzene rings is 3. The first kappa shape index (κ1) is 21.2.